The lowest BCUT2D eigenvalue weighted by atomic mass is 10.1. The fraction of sp³-hybridized carbons (Fsp3) is 0.333. The number of rotatable bonds is 5. The van der Waals surface area contributed by atoms with Crippen LogP contribution in [-0.2, 0) is 22.6 Å². The van der Waals surface area contributed by atoms with Gasteiger partial charge >= 0.3 is 0 Å². The van der Waals surface area contributed by atoms with Crippen molar-refractivity contribution >= 4 is 29.1 Å². The Morgan fingerprint density at radius 2 is 1.52 bits per heavy atom. The number of hydrogen-bond acceptors (Lipinski definition) is 3. The molecule has 0 atom stereocenters. The maximum atomic E-state index is 12.6. The third-order valence-electron chi connectivity index (χ3n) is 4.67. The second-order valence-electron chi connectivity index (χ2n) is 6.84. The van der Waals surface area contributed by atoms with Gasteiger partial charge < -0.3 is 10.2 Å². The summed E-state index contributed by atoms with van der Waals surface area (Å²) >= 11 is 5.93. The molecule has 27 heavy (non-hydrogen) atoms. The van der Waals surface area contributed by atoms with Crippen LogP contribution >= 0.6 is 11.6 Å². The topological polar surface area (TPSA) is 52.7 Å². The average Bonchev–Trinajstić information content (AvgIpc) is 2.65. The lowest BCUT2D eigenvalue weighted by Gasteiger charge is -2.34. The quantitative estimate of drug-likeness (QED) is 0.860. The van der Waals surface area contributed by atoms with Crippen molar-refractivity contribution in [2.24, 2.45) is 0 Å². The molecule has 1 aliphatic heterocycles. The predicted molar refractivity (Wildman–Crippen MR) is 108 cm³/mol. The monoisotopic (exact) mass is 385 g/mol. The summed E-state index contributed by atoms with van der Waals surface area (Å²) in [4.78, 5) is 27.9. The van der Waals surface area contributed by atoms with Gasteiger partial charge in [0.25, 0.3) is 0 Å². The molecule has 0 radical (unpaired) electrons. The van der Waals surface area contributed by atoms with E-state index in [-0.39, 0.29) is 11.8 Å². The van der Waals surface area contributed by atoms with Gasteiger partial charge in [0.1, 0.15) is 0 Å². The summed E-state index contributed by atoms with van der Waals surface area (Å²) in [5.41, 5.74) is 2.94. The number of hydrogen-bond donors (Lipinski definition) is 1. The maximum absolute atomic E-state index is 12.6. The molecule has 1 aliphatic rings. The number of halogens is 1. The number of carbonyl (C=O) groups excluding carboxylic acids is 2. The van der Waals surface area contributed by atoms with Crippen LogP contribution in [0.25, 0.3) is 0 Å². The molecule has 0 aromatic heterocycles. The average molecular weight is 386 g/mol. The number of benzene rings is 2. The van der Waals surface area contributed by atoms with E-state index in [1.165, 1.54) is 12.5 Å². The van der Waals surface area contributed by atoms with Gasteiger partial charge in [0.05, 0.1) is 6.42 Å². The Bertz CT molecular complexity index is 782. The van der Waals surface area contributed by atoms with Crippen LogP contribution in [0.4, 0.5) is 5.69 Å². The Balaban J connectivity index is 1.46. The van der Waals surface area contributed by atoms with Crippen molar-refractivity contribution < 1.29 is 9.59 Å². The Morgan fingerprint density at radius 1 is 0.926 bits per heavy atom. The van der Waals surface area contributed by atoms with E-state index in [1.54, 1.807) is 0 Å². The van der Waals surface area contributed by atoms with Crippen LogP contribution in [-0.4, -0.2) is 47.8 Å². The lowest BCUT2D eigenvalue weighted by molar-refractivity contribution is -0.132. The highest BCUT2D eigenvalue weighted by atomic mass is 35.5. The summed E-state index contributed by atoms with van der Waals surface area (Å²) in [5, 5.41) is 3.48. The van der Waals surface area contributed by atoms with Gasteiger partial charge in [-0.1, -0.05) is 35.9 Å². The van der Waals surface area contributed by atoms with E-state index in [9.17, 15) is 9.59 Å². The molecule has 2 aromatic rings. The first-order valence-corrected chi connectivity index (χ1v) is 9.48. The van der Waals surface area contributed by atoms with Gasteiger partial charge in [-0.3, -0.25) is 14.5 Å². The van der Waals surface area contributed by atoms with Crippen molar-refractivity contribution in [3.05, 3.63) is 64.7 Å². The third kappa shape index (κ3) is 5.81. The van der Waals surface area contributed by atoms with E-state index in [0.717, 1.165) is 49.0 Å². The number of carbonyl (C=O) groups is 2. The highest BCUT2D eigenvalue weighted by molar-refractivity contribution is 6.30. The van der Waals surface area contributed by atoms with Gasteiger partial charge in [-0.2, -0.15) is 0 Å². The minimum absolute atomic E-state index is 0.102. The Labute approximate surface area is 164 Å². The minimum atomic E-state index is -0.102. The zero-order valence-corrected chi connectivity index (χ0v) is 16.2. The van der Waals surface area contributed by atoms with Gasteiger partial charge in [0, 0.05) is 50.4 Å². The number of nitrogens with zero attached hydrogens (tertiary/aromatic N) is 2. The SMILES string of the molecule is CC(=O)Nc1ccc(CC(=O)N2CCN(Cc3ccc(Cl)cc3)CC2)cc1. The summed E-state index contributed by atoms with van der Waals surface area (Å²) in [7, 11) is 0. The van der Waals surface area contributed by atoms with E-state index in [4.69, 9.17) is 11.6 Å². The van der Waals surface area contributed by atoms with Crippen molar-refractivity contribution in [3.63, 3.8) is 0 Å². The first-order chi connectivity index (χ1) is 13.0. The zero-order chi connectivity index (χ0) is 19.2. The lowest BCUT2D eigenvalue weighted by Crippen LogP contribution is -2.48. The van der Waals surface area contributed by atoms with Crippen molar-refractivity contribution in [2.45, 2.75) is 19.9 Å². The summed E-state index contributed by atoms with van der Waals surface area (Å²) < 4.78 is 0. The van der Waals surface area contributed by atoms with Crippen LogP contribution in [0.3, 0.4) is 0 Å². The molecule has 3 rings (SSSR count). The third-order valence-corrected chi connectivity index (χ3v) is 4.93. The summed E-state index contributed by atoms with van der Waals surface area (Å²) in [5.74, 6) is 0.0451. The van der Waals surface area contributed by atoms with Crippen LogP contribution in [0.1, 0.15) is 18.1 Å². The van der Waals surface area contributed by atoms with E-state index in [2.05, 4.69) is 10.2 Å². The van der Waals surface area contributed by atoms with E-state index in [0.29, 0.717) is 6.42 Å². The van der Waals surface area contributed by atoms with Crippen LogP contribution in [0.2, 0.25) is 5.02 Å². The largest absolute Gasteiger partial charge is 0.340 e. The number of nitrogens with one attached hydrogen (secondary N) is 1. The Morgan fingerprint density at radius 3 is 2.11 bits per heavy atom. The molecule has 1 heterocycles. The molecule has 0 bridgehead atoms. The molecule has 2 aromatic carbocycles. The van der Waals surface area contributed by atoms with E-state index >= 15 is 0 Å². The molecule has 5 nitrogen and oxygen atoms in total. The molecule has 0 aliphatic carbocycles. The maximum Gasteiger partial charge on any atom is 0.227 e. The predicted octanol–water partition coefficient (Wildman–Crippen LogP) is 3.19. The van der Waals surface area contributed by atoms with Crippen molar-refractivity contribution in [1.29, 1.82) is 0 Å². The number of piperazine rings is 1. The zero-order valence-electron chi connectivity index (χ0n) is 15.5. The molecule has 0 unspecified atom stereocenters. The Hall–Kier alpha value is -2.37. The highest BCUT2D eigenvalue weighted by Gasteiger charge is 2.21. The molecule has 1 N–H and O–H groups in total. The molecule has 2 amide bonds. The molecule has 142 valence electrons. The van der Waals surface area contributed by atoms with Crippen LogP contribution in [0.5, 0.6) is 0 Å². The molecular weight excluding hydrogens is 362 g/mol. The summed E-state index contributed by atoms with van der Waals surface area (Å²) in [6.45, 7) is 5.59. The molecule has 0 saturated carbocycles. The van der Waals surface area contributed by atoms with Crippen molar-refractivity contribution in [1.82, 2.24) is 9.80 Å². The highest BCUT2D eigenvalue weighted by Crippen LogP contribution is 2.14. The molecule has 0 spiro atoms. The fourth-order valence-electron chi connectivity index (χ4n) is 3.20. The second-order valence-corrected chi connectivity index (χ2v) is 7.27. The first kappa shape index (κ1) is 19.4. The normalized spacial score (nSPS) is 14.8. The smallest absolute Gasteiger partial charge is 0.227 e. The minimum Gasteiger partial charge on any atom is -0.340 e. The molecule has 1 saturated heterocycles. The molecular formula is C21H24ClN3O2. The van der Waals surface area contributed by atoms with Crippen molar-refractivity contribution in [3.8, 4) is 0 Å². The van der Waals surface area contributed by atoms with E-state index < -0.39 is 0 Å². The van der Waals surface area contributed by atoms with Gasteiger partial charge in [-0.25, -0.2) is 0 Å². The second kappa shape index (κ2) is 9.02. The first-order valence-electron chi connectivity index (χ1n) is 9.11. The van der Waals surface area contributed by atoms with Crippen molar-refractivity contribution in [2.75, 3.05) is 31.5 Å². The van der Waals surface area contributed by atoms with Crippen LogP contribution in [0.15, 0.2) is 48.5 Å². The number of anilines is 1. The van der Waals surface area contributed by atoms with Crippen LogP contribution < -0.4 is 5.32 Å². The van der Waals surface area contributed by atoms with Crippen LogP contribution in [0, 0.1) is 0 Å². The molecule has 6 heteroatoms. The van der Waals surface area contributed by atoms with Gasteiger partial charge in [0.2, 0.25) is 11.8 Å². The Kier molecular flexibility index (Phi) is 6.48. The summed E-state index contributed by atoms with van der Waals surface area (Å²) in [6.07, 6.45) is 0.386. The number of amides is 2. The summed E-state index contributed by atoms with van der Waals surface area (Å²) in [6, 6.07) is 15.3. The van der Waals surface area contributed by atoms with Gasteiger partial charge in [-0.05, 0) is 35.4 Å². The fourth-order valence-corrected chi connectivity index (χ4v) is 3.33. The molecule has 1 fully saturated rings. The van der Waals surface area contributed by atoms with Gasteiger partial charge in [0.15, 0.2) is 0 Å². The van der Waals surface area contributed by atoms with Gasteiger partial charge in [-0.15, -0.1) is 0 Å². The standard InChI is InChI=1S/C21H24ClN3O2/c1-16(26)23-20-8-4-17(5-9-20)14-21(27)25-12-10-24(11-13-25)15-18-2-6-19(22)7-3-18/h2-9H,10-15H2,1H3,(H,23,26). The van der Waals surface area contributed by atoms with E-state index in [1.807, 2.05) is 53.4 Å².